The molecule has 0 aromatic heterocycles. The van der Waals surface area contributed by atoms with Crippen LogP contribution in [-0.4, -0.2) is 20.3 Å². The average molecular weight is 279 g/mol. The Kier molecular flexibility index (Phi) is 4.63. The highest BCUT2D eigenvalue weighted by molar-refractivity contribution is 5.62. The zero-order valence-corrected chi connectivity index (χ0v) is 12.8. The second-order valence-corrected chi connectivity index (χ2v) is 5.90. The number of hydrogen-bond acceptors (Lipinski definition) is 4. The number of ether oxygens (including phenoxy) is 3. The van der Waals surface area contributed by atoms with Gasteiger partial charge in [0.05, 0.1) is 26.0 Å². The smallest absolute Gasteiger partial charge is 0.164 e. The van der Waals surface area contributed by atoms with Crippen LogP contribution in [0.15, 0.2) is 12.1 Å². The summed E-state index contributed by atoms with van der Waals surface area (Å²) in [4.78, 5) is 0. The predicted molar refractivity (Wildman–Crippen MR) is 80.6 cm³/mol. The van der Waals surface area contributed by atoms with E-state index in [1.807, 2.05) is 6.07 Å². The largest absolute Gasteiger partial charge is 0.493 e. The Morgan fingerprint density at radius 1 is 0.900 bits per heavy atom. The molecule has 0 radical (unpaired) electrons. The molecule has 2 rings (SSSR count). The zero-order valence-electron chi connectivity index (χ0n) is 12.8. The van der Waals surface area contributed by atoms with Gasteiger partial charge in [-0.3, -0.25) is 0 Å². The van der Waals surface area contributed by atoms with Gasteiger partial charge in [0.2, 0.25) is 0 Å². The standard InChI is InChI=1S/C16H25NO3/c1-10-5-11(2)7-12(6-10)20-14-9-16(19-4)15(18-3)8-13(14)17/h8-12H,5-7,17H2,1-4H3. The van der Waals surface area contributed by atoms with Crippen molar-refractivity contribution in [2.24, 2.45) is 11.8 Å². The van der Waals surface area contributed by atoms with Gasteiger partial charge in [-0.1, -0.05) is 13.8 Å². The highest BCUT2D eigenvalue weighted by Crippen LogP contribution is 2.39. The van der Waals surface area contributed by atoms with Crippen molar-refractivity contribution in [3.63, 3.8) is 0 Å². The molecule has 4 nitrogen and oxygen atoms in total. The SMILES string of the molecule is COc1cc(N)c(OC2CC(C)CC(C)C2)cc1OC. The van der Waals surface area contributed by atoms with Gasteiger partial charge in [0.15, 0.2) is 11.5 Å². The molecule has 0 amide bonds. The summed E-state index contributed by atoms with van der Waals surface area (Å²) in [7, 11) is 3.21. The number of benzene rings is 1. The number of rotatable bonds is 4. The fourth-order valence-corrected chi connectivity index (χ4v) is 3.13. The Hall–Kier alpha value is -1.58. The quantitative estimate of drug-likeness (QED) is 0.857. The van der Waals surface area contributed by atoms with Gasteiger partial charge in [-0.25, -0.2) is 0 Å². The Bertz CT molecular complexity index is 451. The van der Waals surface area contributed by atoms with Crippen molar-refractivity contribution < 1.29 is 14.2 Å². The molecule has 2 atom stereocenters. The molecule has 1 aromatic rings. The third-order valence-corrected chi connectivity index (χ3v) is 3.94. The minimum atomic E-state index is 0.231. The van der Waals surface area contributed by atoms with E-state index in [-0.39, 0.29) is 6.10 Å². The van der Waals surface area contributed by atoms with Crippen molar-refractivity contribution in [1.29, 1.82) is 0 Å². The van der Waals surface area contributed by atoms with E-state index in [0.29, 0.717) is 34.8 Å². The molecule has 0 bridgehead atoms. The maximum absolute atomic E-state index is 6.11. The van der Waals surface area contributed by atoms with Gasteiger partial charge in [0, 0.05) is 12.1 Å². The molecule has 1 fully saturated rings. The van der Waals surface area contributed by atoms with Crippen LogP contribution in [0.1, 0.15) is 33.1 Å². The van der Waals surface area contributed by atoms with Crippen molar-refractivity contribution in [3.05, 3.63) is 12.1 Å². The molecule has 4 heteroatoms. The molecule has 1 aliphatic rings. The Morgan fingerprint density at radius 2 is 1.45 bits per heavy atom. The van der Waals surface area contributed by atoms with Crippen LogP contribution in [0.4, 0.5) is 5.69 Å². The first-order valence-electron chi connectivity index (χ1n) is 7.21. The molecule has 1 aromatic carbocycles. The predicted octanol–water partition coefficient (Wildman–Crippen LogP) is 3.49. The van der Waals surface area contributed by atoms with Crippen molar-refractivity contribution in [3.8, 4) is 17.2 Å². The number of nitrogen functional groups attached to an aromatic ring is 1. The molecule has 2 N–H and O–H groups in total. The van der Waals surface area contributed by atoms with Crippen LogP contribution < -0.4 is 19.9 Å². The summed E-state index contributed by atoms with van der Waals surface area (Å²) in [5.41, 5.74) is 6.64. The van der Waals surface area contributed by atoms with Gasteiger partial charge in [-0.2, -0.15) is 0 Å². The Labute approximate surface area is 121 Å². The molecule has 0 saturated heterocycles. The van der Waals surface area contributed by atoms with Crippen LogP contribution in [0.5, 0.6) is 17.2 Å². The maximum Gasteiger partial charge on any atom is 0.164 e. The minimum absolute atomic E-state index is 0.231. The second-order valence-electron chi connectivity index (χ2n) is 5.90. The van der Waals surface area contributed by atoms with E-state index in [1.54, 1.807) is 20.3 Å². The van der Waals surface area contributed by atoms with Gasteiger partial charge in [0.25, 0.3) is 0 Å². The summed E-state index contributed by atoms with van der Waals surface area (Å²) < 4.78 is 16.6. The van der Waals surface area contributed by atoms with Crippen LogP contribution in [0, 0.1) is 11.8 Å². The molecule has 0 aliphatic heterocycles. The van der Waals surface area contributed by atoms with Crippen LogP contribution >= 0.6 is 0 Å². The van der Waals surface area contributed by atoms with Crippen molar-refractivity contribution in [2.45, 2.75) is 39.2 Å². The summed E-state index contributed by atoms with van der Waals surface area (Å²) in [5.74, 6) is 3.36. The van der Waals surface area contributed by atoms with Gasteiger partial charge in [-0.05, 0) is 31.1 Å². The molecule has 2 unspecified atom stereocenters. The first-order valence-corrected chi connectivity index (χ1v) is 7.21. The van der Waals surface area contributed by atoms with E-state index in [9.17, 15) is 0 Å². The fraction of sp³-hybridized carbons (Fsp3) is 0.625. The lowest BCUT2D eigenvalue weighted by atomic mass is 9.82. The van der Waals surface area contributed by atoms with E-state index in [0.717, 1.165) is 12.8 Å². The Balaban J connectivity index is 2.16. The van der Waals surface area contributed by atoms with Gasteiger partial charge < -0.3 is 19.9 Å². The van der Waals surface area contributed by atoms with Gasteiger partial charge in [-0.15, -0.1) is 0 Å². The van der Waals surface area contributed by atoms with Crippen molar-refractivity contribution in [2.75, 3.05) is 20.0 Å². The fourth-order valence-electron chi connectivity index (χ4n) is 3.13. The van der Waals surface area contributed by atoms with Crippen molar-refractivity contribution >= 4 is 5.69 Å². The summed E-state index contributed by atoms with van der Waals surface area (Å²) in [6.45, 7) is 4.56. The normalized spacial score (nSPS) is 26.1. The van der Waals surface area contributed by atoms with Gasteiger partial charge >= 0.3 is 0 Å². The maximum atomic E-state index is 6.11. The topological polar surface area (TPSA) is 53.7 Å². The molecular formula is C16H25NO3. The second kappa shape index (κ2) is 6.25. The summed E-state index contributed by atoms with van der Waals surface area (Å²) >= 11 is 0. The highest BCUT2D eigenvalue weighted by Gasteiger charge is 2.26. The molecule has 112 valence electrons. The number of nitrogens with two attached hydrogens (primary N) is 1. The third kappa shape index (κ3) is 3.30. The summed E-state index contributed by atoms with van der Waals surface area (Å²) in [6.07, 6.45) is 3.67. The molecule has 1 saturated carbocycles. The van der Waals surface area contributed by atoms with Crippen LogP contribution in [-0.2, 0) is 0 Å². The Morgan fingerprint density at radius 3 is 2.00 bits per heavy atom. The number of anilines is 1. The average Bonchev–Trinajstić information content (AvgIpc) is 2.39. The third-order valence-electron chi connectivity index (χ3n) is 3.94. The van der Waals surface area contributed by atoms with E-state index in [1.165, 1.54) is 6.42 Å². The lowest BCUT2D eigenvalue weighted by Crippen LogP contribution is -2.28. The van der Waals surface area contributed by atoms with E-state index < -0.39 is 0 Å². The molecular weight excluding hydrogens is 254 g/mol. The minimum Gasteiger partial charge on any atom is -0.493 e. The summed E-state index contributed by atoms with van der Waals surface area (Å²) in [5, 5.41) is 0. The first-order chi connectivity index (χ1) is 9.53. The monoisotopic (exact) mass is 279 g/mol. The lowest BCUT2D eigenvalue weighted by molar-refractivity contribution is 0.101. The number of methoxy groups -OCH3 is 2. The molecule has 0 spiro atoms. The van der Waals surface area contributed by atoms with Crippen LogP contribution in [0.3, 0.4) is 0 Å². The first kappa shape index (κ1) is 14.8. The molecule has 20 heavy (non-hydrogen) atoms. The molecule has 0 heterocycles. The van der Waals surface area contributed by atoms with E-state index >= 15 is 0 Å². The summed E-state index contributed by atoms with van der Waals surface area (Å²) in [6, 6.07) is 3.57. The van der Waals surface area contributed by atoms with E-state index in [4.69, 9.17) is 19.9 Å². The van der Waals surface area contributed by atoms with E-state index in [2.05, 4.69) is 13.8 Å². The van der Waals surface area contributed by atoms with Crippen LogP contribution in [0.25, 0.3) is 0 Å². The molecule has 1 aliphatic carbocycles. The number of hydrogen-bond donors (Lipinski definition) is 1. The van der Waals surface area contributed by atoms with Crippen LogP contribution in [0.2, 0.25) is 0 Å². The van der Waals surface area contributed by atoms with Crippen molar-refractivity contribution in [1.82, 2.24) is 0 Å². The highest BCUT2D eigenvalue weighted by atomic mass is 16.5. The lowest BCUT2D eigenvalue weighted by Gasteiger charge is -2.32. The van der Waals surface area contributed by atoms with Gasteiger partial charge in [0.1, 0.15) is 5.75 Å². The zero-order chi connectivity index (χ0) is 14.7.